The summed E-state index contributed by atoms with van der Waals surface area (Å²) < 4.78 is 0. The predicted molar refractivity (Wildman–Crippen MR) is 116 cm³/mol. The van der Waals surface area contributed by atoms with Gasteiger partial charge in [-0.05, 0) is 55.5 Å². The summed E-state index contributed by atoms with van der Waals surface area (Å²) in [5.74, 6) is -1.43. The summed E-state index contributed by atoms with van der Waals surface area (Å²) in [7, 11) is 0. The molecule has 0 radical (unpaired) electrons. The highest BCUT2D eigenvalue weighted by molar-refractivity contribution is 7.10. The Morgan fingerprint density at radius 2 is 1.69 bits per heavy atom. The van der Waals surface area contributed by atoms with Gasteiger partial charge >= 0.3 is 0 Å². The lowest BCUT2D eigenvalue weighted by Crippen LogP contribution is -2.29. The Bertz CT molecular complexity index is 1140. The van der Waals surface area contributed by atoms with Crippen LogP contribution in [0, 0.1) is 20.8 Å². The standard InChI is InChI=1S/C24H21NO3S/c1-14-7-9-17(10-8-14)21(26)19-20(23-16(3)11-12-29-23)25(24(28)22(19)27)18-6-4-5-15(2)13-18/h4-13,20,26H,1-3H3/b21-19-. The number of carbonyl (C=O) groups is 2. The van der Waals surface area contributed by atoms with E-state index in [4.69, 9.17) is 0 Å². The third kappa shape index (κ3) is 3.28. The Balaban J connectivity index is 1.96. The number of carbonyl (C=O) groups excluding carboxylic acids is 2. The highest BCUT2D eigenvalue weighted by Gasteiger charge is 2.47. The van der Waals surface area contributed by atoms with Crippen LogP contribution in [0.5, 0.6) is 0 Å². The molecule has 0 aliphatic carbocycles. The SMILES string of the molecule is Cc1ccc(/C(O)=C2/C(=O)C(=O)N(c3cccc(C)c3)C2c2sccc2C)cc1. The van der Waals surface area contributed by atoms with Crippen LogP contribution in [-0.2, 0) is 9.59 Å². The van der Waals surface area contributed by atoms with Crippen LogP contribution in [0.15, 0.2) is 65.6 Å². The minimum Gasteiger partial charge on any atom is -0.507 e. The Labute approximate surface area is 173 Å². The number of Topliss-reactive ketones (excluding diaryl/α,β-unsaturated/α-hetero) is 1. The van der Waals surface area contributed by atoms with Gasteiger partial charge < -0.3 is 5.11 Å². The lowest BCUT2D eigenvalue weighted by Gasteiger charge is -2.25. The van der Waals surface area contributed by atoms with Crippen LogP contribution in [0.2, 0.25) is 0 Å². The molecule has 1 N–H and O–H groups in total. The summed E-state index contributed by atoms with van der Waals surface area (Å²) in [6.07, 6.45) is 0. The Morgan fingerprint density at radius 1 is 0.966 bits per heavy atom. The molecule has 1 atom stereocenters. The number of aryl methyl sites for hydroxylation is 3. The normalized spacial score (nSPS) is 18.4. The molecule has 1 unspecified atom stereocenters. The van der Waals surface area contributed by atoms with E-state index < -0.39 is 17.7 Å². The van der Waals surface area contributed by atoms with Gasteiger partial charge in [-0.15, -0.1) is 11.3 Å². The molecule has 2 aromatic carbocycles. The van der Waals surface area contributed by atoms with Gasteiger partial charge in [0, 0.05) is 16.1 Å². The minimum absolute atomic E-state index is 0.130. The van der Waals surface area contributed by atoms with Gasteiger partial charge in [-0.25, -0.2) is 0 Å². The molecule has 1 saturated heterocycles. The zero-order chi connectivity index (χ0) is 20.7. The van der Waals surface area contributed by atoms with Crippen molar-refractivity contribution in [3.8, 4) is 0 Å². The zero-order valence-electron chi connectivity index (χ0n) is 16.5. The van der Waals surface area contributed by atoms with E-state index in [9.17, 15) is 14.7 Å². The van der Waals surface area contributed by atoms with E-state index in [0.717, 1.165) is 21.6 Å². The highest BCUT2D eigenvalue weighted by Crippen LogP contribution is 2.44. The summed E-state index contributed by atoms with van der Waals surface area (Å²) >= 11 is 1.48. The van der Waals surface area contributed by atoms with Gasteiger partial charge in [-0.2, -0.15) is 0 Å². The maximum absolute atomic E-state index is 13.1. The molecule has 1 aliphatic heterocycles. The second kappa shape index (κ2) is 7.33. The zero-order valence-corrected chi connectivity index (χ0v) is 17.3. The predicted octanol–water partition coefficient (Wildman–Crippen LogP) is 5.30. The lowest BCUT2D eigenvalue weighted by molar-refractivity contribution is -0.132. The van der Waals surface area contributed by atoms with E-state index in [1.54, 1.807) is 12.1 Å². The molecule has 5 heteroatoms. The van der Waals surface area contributed by atoms with Crippen molar-refractivity contribution in [3.63, 3.8) is 0 Å². The van der Waals surface area contributed by atoms with Gasteiger partial charge in [0.15, 0.2) is 0 Å². The van der Waals surface area contributed by atoms with E-state index in [0.29, 0.717) is 11.3 Å². The topological polar surface area (TPSA) is 57.6 Å². The number of ketones is 1. The number of amides is 1. The number of aliphatic hydroxyl groups excluding tert-OH is 1. The smallest absolute Gasteiger partial charge is 0.300 e. The minimum atomic E-state index is -0.664. The van der Waals surface area contributed by atoms with Crippen LogP contribution in [0.4, 0.5) is 5.69 Å². The lowest BCUT2D eigenvalue weighted by atomic mass is 9.98. The monoisotopic (exact) mass is 403 g/mol. The fourth-order valence-corrected chi connectivity index (χ4v) is 4.68. The van der Waals surface area contributed by atoms with Crippen molar-refractivity contribution >= 4 is 34.5 Å². The molecule has 1 aliphatic rings. The van der Waals surface area contributed by atoms with Gasteiger partial charge in [-0.1, -0.05) is 42.0 Å². The van der Waals surface area contributed by atoms with Crippen LogP contribution in [-0.4, -0.2) is 16.8 Å². The maximum atomic E-state index is 13.1. The van der Waals surface area contributed by atoms with Crippen molar-refractivity contribution in [3.05, 3.63) is 92.7 Å². The summed E-state index contributed by atoms with van der Waals surface area (Å²) in [6, 6.07) is 16.1. The molecule has 0 bridgehead atoms. The number of hydrogen-bond acceptors (Lipinski definition) is 4. The molecule has 1 aromatic heterocycles. The van der Waals surface area contributed by atoms with Crippen molar-refractivity contribution in [1.29, 1.82) is 0 Å². The first-order chi connectivity index (χ1) is 13.9. The van der Waals surface area contributed by atoms with E-state index in [1.807, 2.05) is 68.6 Å². The number of rotatable bonds is 3. The molecule has 0 saturated carbocycles. The molecule has 4 rings (SSSR count). The fraction of sp³-hybridized carbons (Fsp3) is 0.167. The highest BCUT2D eigenvalue weighted by atomic mass is 32.1. The first-order valence-electron chi connectivity index (χ1n) is 9.37. The third-order valence-corrected chi connectivity index (χ3v) is 6.27. The Hall–Kier alpha value is -3.18. The third-order valence-electron chi connectivity index (χ3n) is 5.20. The van der Waals surface area contributed by atoms with Crippen molar-refractivity contribution < 1.29 is 14.7 Å². The van der Waals surface area contributed by atoms with Gasteiger partial charge in [0.1, 0.15) is 11.8 Å². The molecule has 1 fully saturated rings. The van der Waals surface area contributed by atoms with Crippen LogP contribution >= 0.6 is 11.3 Å². The van der Waals surface area contributed by atoms with E-state index in [-0.39, 0.29) is 11.3 Å². The molecule has 3 aromatic rings. The molecular weight excluding hydrogens is 382 g/mol. The average Bonchev–Trinajstić information content (AvgIpc) is 3.23. The molecule has 29 heavy (non-hydrogen) atoms. The largest absolute Gasteiger partial charge is 0.507 e. The average molecular weight is 404 g/mol. The number of thiophene rings is 1. The number of nitrogens with zero attached hydrogens (tertiary/aromatic N) is 1. The first-order valence-corrected chi connectivity index (χ1v) is 10.2. The Morgan fingerprint density at radius 3 is 2.31 bits per heavy atom. The first kappa shape index (κ1) is 19.2. The van der Waals surface area contributed by atoms with Crippen LogP contribution < -0.4 is 4.90 Å². The van der Waals surface area contributed by atoms with Crippen molar-refractivity contribution in [2.45, 2.75) is 26.8 Å². The fourth-order valence-electron chi connectivity index (χ4n) is 3.66. The Kier molecular flexibility index (Phi) is 4.84. The van der Waals surface area contributed by atoms with Gasteiger partial charge in [0.2, 0.25) is 0 Å². The molecule has 1 amide bonds. The molecule has 0 spiro atoms. The van der Waals surface area contributed by atoms with Crippen LogP contribution in [0.1, 0.15) is 33.2 Å². The maximum Gasteiger partial charge on any atom is 0.300 e. The number of aliphatic hydroxyl groups is 1. The van der Waals surface area contributed by atoms with E-state index >= 15 is 0 Å². The molecule has 4 nitrogen and oxygen atoms in total. The van der Waals surface area contributed by atoms with Gasteiger partial charge in [0.05, 0.1) is 5.57 Å². The summed E-state index contributed by atoms with van der Waals surface area (Å²) in [4.78, 5) is 28.5. The molecule has 146 valence electrons. The van der Waals surface area contributed by atoms with Crippen molar-refractivity contribution in [2.24, 2.45) is 0 Å². The number of anilines is 1. The second-order valence-corrected chi connectivity index (χ2v) is 8.29. The van der Waals surface area contributed by atoms with Crippen molar-refractivity contribution in [1.82, 2.24) is 0 Å². The summed E-state index contributed by atoms with van der Waals surface area (Å²) in [5.41, 5.74) is 4.32. The van der Waals surface area contributed by atoms with E-state index in [1.165, 1.54) is 16.2 Å². The summed E-state index contributed by atoms with van der Waals surface area (Å²) in [6.45, 7) is 5.85. The quantitative estimate of drug-likeness (QED) is 0.367. The number of benzene rings is 2. The number of hydrogen-bond donors (Lipinski definition) is 1. The van der Waals surface area contributed by atoms with Crippen LogP contribution in [0.25, 0.3) is 5.76 Å². The van der Waals surface area contributed by atoms with Gasteiger partial charge in [-0.3, -0.25) is 14.5 Å². The summed E-state index contributed by atoms with van der Waals surface area (Å²) in [5, 5.41) is 13.0. The van der Waals surface area contributed by atoms with Crippen molar-refractivity contribution in [2.75, 3.05) is 4.90 Å². The molecule has 2 heterocycles. The second-order valence-electron chi connectivity index (χ2n) is 7.34. The van der Waals surface area contributed by atoms with E-state index in [2.05, 4.69) is 0 Å². The molecular formula is C24H21NO3S. The van der Waals surface area contributed by atoms with Gasteiger partial charge in [0.25, 0.3) is 11.7 Å². The van der Waals surface area contributed by atoms with Crippen LogP contribution in [0.3, 0.4) is 0 Å².